The first-order valence-electron chi connectivity index (χ1n) is 6.45. The van der Waals surface area contributed by atoms with Crippen LogP contribution in [0, 0.1) is 0 Å². The van der Waals surface area contributed by atoms with Gasteiger partial charge in [0.05, 0.1) is 16.0 Å². The molecule has 3 N–H and O–H groups in total. The molecule has 0 aliphatic heterocycles. The summed E-state index contributed by atoms with van der Waals surface area (Å²) >= 11 is 6.30. The van der Waals surface area contributed by atoms with E-state index in [0.29, 0.717) is 16.6 Å². The second kappa shape index (κ2) is 6.68. The topological polar surface area (TPSA) is 68.0 Å². The van der Waals surface area contributed by atoms with Gasteiger partial charge in [-0.15, -0.1) is 11.8 Å². The molecule has 0 bridgehead atoms. The maximum atomic E-state index is 12.0. The summed E-state index contributed by atoms with van der Waals surface area (Å²) in [5.74, 6) is 0.208. The minimum atomic E-state index is -0.0913. The number of carbonyl (C=O) groups excluding carboxylic acids is 1. The number of nitrogens with one attached hydrogen (secondary N) is 1. The number of nitrogen functional groups attached to an aromatic ring is 1. The van der Waals surface area contributed by atoms with E-state index in [1.54, 1.807) is 0 Å². The van der Waals surface area contributed by atoms with Gasteiger partial charge in [-0.1, -0.05) is 39.4 Å². The van der Waals surface area contributed by atoms with Gasteiger partial charge < -0.3 is 11.1 Å². The zero-order chi connectivity index (χ0) is 15.5. The van der Waals surface area contributed by atoms with Crippen LogP contribution in [0.2, 0.25) is 0 Å². The molecule has 1 heterocycles. The molecule has 0 fully saturated rings. The summed E-state index contributed by atoms with van der Waals surface area (Å²) in [5.41, 5.74) is 7.42. The van der Waals surface area contributed by atoms with Crippen LogP contribution in [0.1, 0.15) is 0 Å². The number of carbonyl (C=O) groups is 1. The second-order valence-corrected chi connectivity index (χ2v) is 7.47. The summed E-state index contributed by atoms with van der Waals surface area (Å²) in [6.07, 6.45) is 0. The molecule has 22 heavy (non-hydrogen) atoms. The Balaban J connectivity index is 1.64. The third kappa shape index (κ3) is 3.60. The monoisotopic (exact) mass is 393 g/mol. The number of rotatable bonds is 4. The van der Waals surface area contributed by atoms with Crippen molar-refractivity contribution in [1.82, 2.24) is 4.98 Å². The highest BCUT2D eigenvalue weighted by Gasteiger charge is 2.09. The van der Waals surface area contributed by atoms with Gasteiger partial charge in [0.1, 0.15) is 0 Å². The fourth-order valence-corrected chi connectivity index (χ4v) is 4.06. The summed E-state index contributed by atoms with van der Waals surface area (Å²) < 4.78 is 2.03. The molecule has 0 saturated carbocycles. The zero-order valence-electron chi connectivity index (χ0n) is 11.4. The summed E-state index contributed by atoms with van der Waals surface area (Å²) in [4.78, 5) is 17.3. The molecule has 7 heteroatoms. The molecule has 1 amide bonds. The maximum Gasteiger partial charge on any atom is 0.236 e. The molecule has 1 aromatic heterocycles. The molecule has 4 nitrogen and oxygen atoms in total. The SMILES string of the molecule is Nc1ccccc1SCC(=O)Nc1nc2ccc(Br)cc2s1. The Bertz CT molecular complexity index is 835. The van der Waals surface area contributed by atoms with Crippen molar-refractivity contribution in [3.63, 3.8) is 0 Å². The van der Waals surface area contributed by atoms with Gasteiger partial charge in [-0.25, -0.2) is 4.98 Å². The van der Waals surface area contributed by atoms with Crippen LogP contribution in [-0.2, 0) is 4.79 Å². The van der Waals surface area contributed by atoms with Crippen LogP contribution in [0.4, 0.5) is 10.8 Å². The number of hydrogen-bond donors (Lipinski definition) is 2. The Morgan fingerprint density at radius 3 is 2.95 bits per heavy atom. The highest BCUT2D eigenvalue weighted by Crippen LogP contribution is 2.29. The predicted octanol–water partition coefficient (Wildman–Crippen LogP) is 4.37. The van der Waals surface area contributed by atoms with E-state index in [9.17, 15) is 4.79 Å². The largest absolute Gasteiger partial charge is 0.398 e. The molecule has 0 aliphatic rings. The Hall–Kier alpha value is -1.57. The number of benzene rings is 2. The van der Waals surface area contributed by atoms with E-state index >= 15 is 0 Å². The van der Waals surface area contributed by atoms with Gasteiger partial charge in [0.15, 0.2) is 5.13 Å². The quantitative estimate of drug-likeness (QED) is 0.509. The average Bonchev–Trinajstić information content (AvgIpc) is 2.87. The van der Waals surface area contributed by atoms with E-state index in [4.69, 9.17) is 5.73 Å². The summed E-state index contributed by atoms with van der Waals surface area (Å²) in [7, 11) is 0. The number of fused-ring (bicyclic) bond motifs is 1. The molecule has 0 aliphatic carbocycles. The molecular formula is C15H12BrN3OS2. The number of hydrogen-bond acceptors (Lipinski definition) is 5. The third-order valence-corrected chi connectivity index (χ3v) is 5.39. The molecule has 0 saturated heterocycles. The van der Waals surface area contributed by atoms with E-state index in [0.717, 1.165) is 19.6 Å². The van der Waals surface area contributed by atoms with Gasteiger partial charge >= 0.3 is 0 Å². The lowest BCUT2D eigenvalue weighted by Crippen LogP contribution is -2.13. The van der Waals surface area contributed by atoms with Crippen LogP contribution in [0.3, 0.4) is 0 Å². The number of nitrogens with zero attached hydrogens (tertiary/aromatic N) is 1. The van der Waals surface area contributed by atoms with Crippen LogP contribution in [0.25, 0.3) is 10.2 Å². The van der Waals surface area contributed by atoms with Crippen molar-refractivity contribution in [3.05, 3.63) is 46.9 Å². The van der Waals surface area contributed by atoms with Crippen LogP contribution >= 0.6 is 39.0 Å². The molecular weight excluding hydrogens is 382 g/mol. The van der Waals surface area contributed by atoms with E-state index in [-0.39, 0.29) is 5.91 Å². The number of nitrogens with two attached hydrogens (primary N) is 1. The first kappa shape index (κ1) is 15.3. The maximum absolute atomic E-state index is 12.0. The molecule has 2 aromatic carbocycles. The van der Waals surface area contributed by atoms with Crippen LogP contribution in [0.15, 0.2) is 51.8 Å². The Morgan fingerprint density at radius 1 is 1.32 bits per heavy atom. The fraction of sp³-hybridized carbons (Fsp3) is 0.0667. The van der Waals surface area contributed by atoms with E-state index in [2.05, 4.69) is 26.2 Å². The number of thiazole rings is 1. The van der Waals surface area contributed by atoms with Crippen molar-refractivity contribution in [2.75, 3.05) is 16.8 Å². The van der Waals surface area contributed by atoms with E-state index in [1.807, 2.05) is 42.5 Å². The molecule has 3 aromatic rings. The van der Waals surface area contributed by atoms with Gasteiger partial charge in [0.2, 0.25) is 5.91 Å². The van der Waals surface area contributed by atoms with Gasteiger partial charge in [0, 0.05) is 15.1 Å². The molecule has 0 atom stereocenters. The van der Waals surface area contributed by atoms with E-state index in [1.165, 1.54) is 23.1 Å². The number of amides is 1. The van der Waals surface area contributed by atoms with Crippen molar-refractivity contribution >= 4 is 66.0 Å². The van der Waals surface area contributed by atoms with Crippen LogP contribution in [0.5, 0.6) is 0 Å². The van der Waals surface area contributed by atoms with Gasteiger partial charge in [-0.05, 0) is 30.3 Å². The number of para-hydroxylation sites is 1. The standard InChI is InChI=1S/C15H12BrN3OS2/c16-9-5-6-11-13(7-9)22-15(18-11)19-14(20)8-21-12-4-2-1-3-10(12)17/h1-7H,8,17H2,(H,18,19,20). The minimum Gasteiger partial charge on any atom is -0.398 e. The minimum absolute atomic E-state index is 0.0913. The fourth-order valence-electron chi connectivity index (χ4n) is 1.86. The Morgan fingerprint density at radius 2 is 2.14 bits per heavy atom. The Kier molecular flexibility index (Phi) is 4.66. The number of halogens is 1. The summed E-state index contributed by atoms with van der Waals surface area (Å²) in [5, 5.41) is 3.44. The highest BCUT2D eigenvalue weighted by molar-refractivity contribution is 9.10. The van der Waals surface area contributed by atoms with Crippen molar-refractivity contribution in [2.24, 2.45) is 0 Å². The summed E-state index contributed by atoms with van der Waals surface area (Å²) in [6, 6.07) is 13.4. The van der Waals surface area contributed by atoms with Gasteiger partial charge in [0.25, 0.3) is 0 Å². The highest BCUT2D eigenvalue weighted by atomic mass is 79.9. The molecule has 3 rings (SSSR count). The lowest BCUT2D eigenvalue weighted by Gasteiger charge is -2.04. The van der Waals surface area contributed by atoms with Gasteiger partial charge in [-0.3, -0.25) is 4.79 Å². The molecule has 0 spiro atoms. The predicted molar refractivity (Wildman–Crippen MR) is 97.5 cm³/mol. The van der Waals surface area contributed by atoms with Crippen LogP contribution in [-0.4, -0.2) is 16.6 Å². The van der Waals surface area contributed by atoms with Gasteiger partial charge in [-0.2, -0.15) is 0 Å². The van der Waals surface area contributed by atoms with Crippen molar-refractivity contribution in [3.8, 4) is 0 Å². The zero-order valence-corrected chi connectivity index (χ0v) is 14.6. The van der Waals surface area contributed by atoms with Crippen molar-refractivity contribution in [2.45, 2.75) is 4.90 Å². The Labute approximate surface area is 144 Å². The lowest BCUT2D eigenvalue weighted by molar-refractivity contribution is -0.113. The molecule has 0 radical (unpaired) electrons. The number of aromatic nitrogens is 1. The summed E-state index contributed by atoms with van der Waals surface area (Å²) in [6.45, 7) is 0. The first-order chi connectivity index (χ1) is 10.6. The molecule has 0 unspecified atom stereocenters. The smallest absolute Gasteiger partial charge is 0.236 e. The second-order valence-electron chi connectivity index (χ2n) is 4.51. The van der Waals surface area contributed by atoms with Crippen LogP contribution < -0.4 is 11.1 Å². The number of anilines is 2. The number of thioether (sulfide) groups is 1. The van der Waals surface area contributed by atoms with Crippen molar-refractivity contribution in [1.29, 1.82) is 0 Å². The third-order valence-electron chi connectivity index (χ3n) is 2.87. The van der Waals surface area contributed by atoms with Crippen molar-refractivity contribution < 1.29 is 4.79 Å². The van der Waals surface area contributed by atoms with E-state index < -0.39 is 0 Å². The average molecular weight is 394 g/mol. The first-order valence-corrected chi connectivity index (χ1v) is 9.04. The molecule has 112 valence electrons. The normalized spacial score (nSPS) is 10.8. The lowest BCUT2D eigenvalue weighted by atomic mass is 10.3.